The Kier molecular flexibility index (Phi) is 6.91. The van der Waals surface area contributed by atoms with Crippen LogP contribution in [0.1, 0.15) is 32.6 Å². The molecule has 0 aromatic heterocycles. The maximum atomic E-state index is 10.8. The molecule has 5 nitrogen and oxygen atoms in total. The summed E-state index contributed by atoms with van der Waals surface area (Å²) < 4.78 is 4.82. The molecule has 1 amide bonds. The molecule has 0 aliphatic carbocycles. The third-order valence-corrected chi connectivity index (χ3v) is 1.43. The van der Waals surface area contributed by atoms with Crippen LogP contribution in [0.5, 0.6) is 0 Å². The molecule has 0 radical (unpaired) electrons. The number of nitrogens with two attached hydrogens (primary N) is 1. The smallest absolute Gasteiger partial charge is 0.305 e. The Morgan fingerprint density at radius 2 is 2.08 bits per heavy atom. The Morgan fingerprint density at radius 1 is 1.38 bits per heavy atom. The number of nitrogens with one attached hydrogen (secondary N) is 1. The summed E-state index contributed by atoms with van der Waals surface area (Å²) in [4.78, 5) is 21.4. The quantitative estimate of drug-likeness (QED) is 0.204. The van der Waals surface area contributed by atoms with E-state index < -0.39 is 0 Å². The van der Waals surface area contributed by atoms with E-state index in [0.29, 0.717) is 12.8 Å². The highest BCUT2D eigenvalue weighted by molar-refractivity contribution is 5.75. The number of esters is 1. The van der Waals surface area contributed by atoms with E-state index in [-0.39, 0.29) is 24.9 Å². The van der Waals surface area contributed by atoms with Crippen molar-refractivity contribution >= 4 is 11.9 Å². The first-order chi connectivity index (χ1) is 6.20. The van der Waals surface area contributed by atoms with Crippen molar-refractivity contribution in [3.8, 4) is 0 Å². The Bertz CT molecular complexity index is 171. The number of amides is 1. The zero-order chi connectivity index (χ0) is 10.1. The van der Waals surface area contributed by atoms with Crippen LogP contribution in [0.15, 0.2) is 0 Å². The minimum atomic E-state index is -0.244. The minimum absolute atomic E-state index is 0.212. The summed E-state index contributed by atoms with van der Waals surface area (Å²) in [5.74, 6) is 4.40. The normalized spacial score (nSPS) is 9.38. The zero-order valence-corrected chi connectivity index (χ0v) is 7.84. The van der Waals surface area contributed by atoms with E-state index in [9.17, 15) is 9.59 Å². The molecule has 76 valence electrons. The van der Waals surface area contributed by atoms with Crippen LogP contribution in [0.3, 0.4) is 0 Å². The molecule has 0 atom stereocenters. The van der Waals surface area contributed by atoms with E-state index in [0.717, 1.165) is 6.42 Å². The summed E-state index contributed by atoms with van der Waals surface area (Å²) >= 11 is 0. The molecule has 0 saturated heterocycles. The summed E-state index contributed by atoms with van der Waals surface area (Å²) in [5.41, 5.74) is 2.00. The summed E-state index contributed by atoms with van der Waals surface area (Å²) in [6, 6.07) is 0. The van der Waals surface area contributed by atoms with Crippen LogP contribution in [-0.4, -0.2) is 18.5 Å². The average molecular weight is 188 g/mol. The second kappa shape index (κ2) is 7.54. The predicted octanol–water partition coefficient (Wildman–Crippen LogP) is 0.0998. The predicted molar refractivity (Wildman–Crippen MR) is 47.4 cm³/mol. The van der Waals surface area contributed by atoms with Crippen molar-refractivity contribution in [2.75, 3.05) is 6.61 Å². The van der Waals surface area contributed by atoms with E-state index in [1.807, 2.05) is 12.3 Å². The fraction of sp³-hybridized carbons (Fsp3) is 0.750. The lowest BCUT2D eigenvalue weighted by Gasteiger charge is -2.02. The standard InChI is InChI=1S/C8H16N2O3/c1-2-4-8(12)13-6-3-5-7(11)10-9/h2-6,9H2,1H3,(H,10,11). The SMILES string of the molecule is CCCC(=O)OCCCC(=O)NN. The number of carbonyl (C=O) groups is 2. The molecule has 0 saturated carbocycles. The summed E-state index contributed by atoms with van der Waals surface area (Å²) in [7, 11) is 0. The number of rotatable bonds is 6. The van der Waals surface area contributed by atoms with Crippen molar-refractivity contribution in [1.82, 2.24) is 5.43 Å². The fourth-order valence-corrected chi connectivity index (χ4v) is 0.767. The van der Waals surface area contributed by atoms with Crippen LogP contribution in [-0.2, 0) is 14.3 Å². The van der Waals surface area contributed by atoms with Crippen LogP contribution in [0.25, 0.3) is 0 Å². The Balaban J connectivity index is 3.25. The van der Waals surface area contributed by atoms with Crippen LogP contribution >= 0.6 is 0 Å². The van der Waals surface area contributed by atoms with Crippen molar-refractivity contribution in [2.24, 2.45) is 5.84 Å². The van der Waals surface area contributed by atoms with Crippen molar-refractivity contribution in [3.05, 3.63) is 0 Å². The molecular formula is C8H16N2O3. The largest absolute Gasteiger partial charge is 0.466 e. The number of hydrogen-bond acceptors (Lipinski definition) is 4. The maximum Gasteiger partial charge on any atom is 0.305 e. The van der Waals surface area contributed by atoms with Gasteiger partial charge in [0.2, 0.25) is 5.91 Å². The van der Waals surface area contributed by atoms with Crippen molar-refractivity contribution in [1.29, 1.82) is 0 Å². The van der Waals surface area contributed by atoms with E-state index >= 15 is 0 Å². The molecule has 0 heterocycles. The van der Waals surface area contributed by atoms with Crippen LogP contribution in [0.4, 0.5) is 0 Å². The second-order valence-corrected chi connectivity index (χ2v) is 2.64. The third-order valence-electron chi connectivity index (χ3n) is 1.43. The van der Waals surface area contributed by atoms with Gasteiger partial charge < -0.3 is 4.74 Å². The monoisotopic (exact) mass is 188 g/mol. The van der Waals surface area contributed by atoms with Crippen molar-refractivity contribution in [3.63, 3.8) is 0 Å². The average Bonchev–Trinajstić information content (AvgIpc) is 2.12. The molecule has 0 fully saturated rings. The first-order valence-electron chi connectivity index (χ1n) is 4.35. The Hall–Kier alpha value is -1.10. The van der Waals surface area contributed by atoms with E-state index in [2.05, 4.69) is 0 Å². The van der Waals surface area contributed by atoms with Gasteiger partial charge in [0, 0.05) is 12.8 Å². The number of hydrazine groups is 1. The Labute approximate surface area is 77.6 Å². The van der Waals surface area contributed by atoms with Gasteiger partial charge in [0.15, 0.2) is 0 Å². The summed E-state index contributed by atoms with van der Waals surface area (Å²) in [6.45, 7) is 2.19. The fourth-order valence-electron chi connectivity index (χ4n) is 0.767. The number of carbonyl (C=O) groups excluding carboxylic acids is 2. The summed E-state index contributed by atoms with van der Waals surface area (Å²) in [5, 5.41) is 0. The molecule has 5 heteroatoms. The molecule has 0 spiro atoms. The topological polar surface area (TPSA) is 81.4 Å². The molecular weight excluding hydrogens is 172 g/mol. The second-order valence-electron chi connectivity index (χ2n) is 2.64. The van der Waals surface area contributed by atoms with Gasteiger partial charge in [0.1, 0.15) is 0 Å². The molecule has 0 aliphatic heterocycles. The van der Waals surface area contributed by atoms with E-state index in [1.54, 1.807) is 0 Å². The van der Waals surface area contributed by atoms with Gasteiger partial charge in [-0.25, -0.2) is 5.84 Å². The highest BCUT2D eigenvalue weighted by atomic mass is 16.5. The van der Waals surface area contributed by atoms with Gasteiger partial charge in [0.05, 0.1) is 6.61 Å². The summed E-state index contributed by atoms with van der Waals surface area (Å²) in [6.07, 6.45) is 2.01. The van der Waals surface area contributed by atoms with Gasteiger partial charge in [-0.05, 0) is 12.8 Å². The van der Waals surface area contributed by atoms with Crippen LogP contribution in [0, 0.1) is 0 Å². The maximum absolute atomic E-state index is 10.8. The number of hydrogen-bond donors (Lipinski definition) is 2. The first kappa shape index (κ1) is 11.9. The third kappa shape index (κ3) is 7.27. The molecule has 0 aromatic rings. The molecule has 0 unspecified atom stereocenters. The lowest BCUT2D eigenvalue weighted by Crippen LogP contribution is -2.29. The minimum Gasteiger partial charge on any atom is -0.466 e. The van der Waals surface area contributed by atoms with E-state index in [4.69, 9.17) is 10.6 Å². The first-order valence-corrected chi connectivity index (χ1v) is 4.35. The molecule has 0 bridgehead atoms. The molecule has 0 aliphatic rings. The molecule has 0 rings (SSSR count). The highest BCUT2D eigenvalue weighted by Gasteiger charge is 2.01. The van der Waals surface area contributed by atoms with Gasteiger partial charge in [-0.3, -0.25) is 15.0 Å². The van der Waals surface area contributed by atoms with Crippen molar-refractivity contribution in [2.45, 2.75) is 32.6 Å². The van der Waals surface area contributed by atoms with Gasteiger partial charge >= 0.3 is 5.97 Å². The van der Waals surface area contributed by atoms with E-state index in [1.165, 1.54) is 0 Å². The zero-order valence-electron chi connectivity index (χ0n) is 7.84. The van der Waals surface area contributed by atoms with Crippen molar-refractivity contribution < 1.29 is 14.3 Å². The highest BCUT2D eigenvalue weighted by Crippen LogP contribution is 1.94. The van der Waals surface area contributed by atoms with Gasteiger partial charge in [-0.1, -0.05) is 6.92 Å². The molecule has 13 heavy (non-hydrogen) atoms. The molecule has 3 N–H and O–H groups in total. The lowest BCUT2D eigenvalue weighted by molar-refractivity contribution is -0.144. The number of ether oxygens (including phenoxy) is 1. The van der Waals surface area contributed by atoms with Gasteiger partial charge in [0.25, 0.3) is 0 Å². The van der Waals surface area contributed by atoms with Crippen LogP contribution in [0.2, 0.25) is 0 Å². The lowest BCUT2D eigenvalue weighted by atomic mass is 10.3. The Morgan fingerprint density at radius 3 is 2.62 bits per heavy atom. The van der Waals surface area contributed by atoms with Gasteiger partial charge in [-0.15, -0.1) is 0 Å². The molecule has 0 aromatic carbocycles. The van der Waals surface area contributed by atoms with Crippen LogP contribution < -0.4 is 11.3 Å². The van der Waals surface area contributed by atoms with Gasteiger partial charge in [-0.2, -0.15) is 0 Å².